The number of aromatic amines is 1. The van der Waals surface area contributed by atoms with Gasteiger partial charge in [-0.1, -0.05) is 6.07 Å². The third-order valence-electron chi connectivity index (χ3n) is 1.27. The fraction of sp³-hybridized carbons (Fsp3) is 0. The largest absolute Gasteiger partial charge is 0.417 e. The SMILES string of the molecule is O=c1[nH]c2cc[c]cc2o1. The Labute approximate surface area is 56.3 Å². The first-order valence-corrected chi connectivity index (χ1v) is 2.85. The second kappa shape index (κ2) is 1.73. The summed E-state index contributed by atoms with van der Waals surface area (Å²) in [6.07, 6.45) is 0. The average molecular weight is 134 g/mol. The molecule has 1 radical (unpaired) electrons. The summed E-state index contributed by atoms with van der Waals surface area (Å²) in [7, 11) is 0. The van der Waals surface area contributed by atoms with Crippen LogP contribution in [-0.2, 0) is 0 Å². The van der Waals surface area contributed by atoms with Crippen LogP contribution in [0.5, 0.6) is 0 Å². The van der Waals surface area contributed by atoms with E-state index in [4.69, 9.17) is 4.42 Å². The Kier molecular flexibility index (Phi) is 0.917. The molecule has 10 heavy (non-hydrogen) atoms. The van der Waals surface area contributed by atoms with Crippen molar-refractivity contribution in [3.05, 3.63) is 34.8 Å². The Morgan fingerprint density at radius 3 is 3.30 bits per heavy atom. The van der Waals surface area contributed by atoms with E-state index in [1.807, 2.05) is 0 Å². The van der Waals surface area contributed by atoms with Gasteiger partial charge in [-0.25, -0.2) is 4.79 Å². The zero-order chi connectivity index (χ0) is 6.97. The van der Waals surface area contributed by atoms with E-state index in [9.17, 15) is 4.79 Å². The number of aromatic nitrogens is 1. The van der Waals surface area contributed by atoms with Gasteiger partial charge < -0.3 is 4.42 Å². The molecule has 0 aliphatic carbocycles. The lowest BCUT2D eigenvalue weighted by atomic mass is 10.3. The Bertz CT molecular complexity index is 363. The fourth-order valence-electron chi connectivity index (χ4n) is 0.838. The van der Waals surface area contributed by atoms with Crippen LogP contribution in [0.3, 0.4) is 0 Å². The lowest BCUT2D eigenvalue weighted by Gasteiger charge is -1.79. The predicted molar refractivity (Wildman–Crippen MR) is 35.7 cm³/mol. The van der Waals surface area contributed by atoms with Crippen LogP contribution >= 0.6 is 0 Å². The molecule has 0 fully saturated rings. The summed E-state index contributed by atoms with van der Waals surface area (Å²) in [5.41, 5.74) is 1.26. The highest BCUT2D eigenvalue weighted by Gasteiger charge is 1.95. The van der Waals surface area contributed by atoms with Crippen molar-refractivity contribution in [1.29, 1.82) is 0 Å². The number of fused-ring (bicyclic) bond motifs is 1. The van der Waals surface area contributed by atoms with Gasteiger partial charge in [0, 0.05) is 0 Å². The molecular formula is C7H4NO2. The highest BCUT2D eigenvalue weighted by atomic mass is 16.4. The molecule has 0 saturated carbocycles. The standard InChI is InChI=1S/C7H4NO2/c9-7-8-5-3-1-2-4-6(5)10-7/h1,3-4H,(H,8,9). The number of H-pyrrole nitrogens is 1. The maximum absolute atomic E-state index is 10.6. The maximum Gasteiger partial charge on any atom is 0.417 e. The van der Waals surface area contributed by atoms with E-state index in [1.165, 1.54) is 0 Å². The molecule has 0 amide bonds. The molecule has 0 aliphatic heterocycles. The number of hydrogen-bond acceptors (Lipinski definition) is 2. The van der Waals surface area contributed by atoms with E-state index in [-0.39, 0.29) is 0 Å². The molecule has 0 unspecified atom stereocenters. The van der Waals surface area contributed by atoms with Gasteiger partial charge in [0.1, 0.15) is 0 Å². The molecule has 0 atom stereocenters. The molecule has 1 aromatic heterocycles. The first kappa shape index (κ1) is 5.29. The molecule has 0 saturated heterocycles. The lowest BCUT2D eigenvalue weighted by molar-refractivity contribution is 0.555. The van der Waals surface area contributed by atoms with Crippen LogP contribution in [-0.4, -0.2) is 4.98 Å². The normalized spacial score (nSPS) is 10.4. The van der Waals surface area contributed by atoms with Crippen LogP contribution in [0.2, 0.25) is 0 Å². The molecule has 0 aliphatic rings. The van der Waals surface area contributed by atoms with Crippen molar-refractivity contribution in [2.45, 2.75) is 0 Å². The van der Waals surface area contributed by atoms with Crippen molar-refractivity contribution in [2.24, 2.45) is 0 Å². The summed E-state index contributed by atoms with van der Waals surface area (Å²) in [4.78, 5) is 13.1. The van der Waals surface area contributed by atoms with Crippen LogP contribution in [0, 0.1) is 6.07 Å². The highest BCUT2D eigenvalue weighted by Crippen LogP contribution is 2.05. The Morgan fingerprint density at radius 1 is 1.60 bits per heavy atom. The molecule has 0 spiro atoms. The van der Waals surface area contributed by atoms with E-state index >= 15 is 0 Å². The molecule has 2 aromatic rings. The zero-order valence-electron chi connectivity index (χ0n) is 5.05. The molecular weight excluding hydrogens is 130 g/mol. The number of hydrogen-bond donors (Lipinski definition) is 1. The summed E-state index contributed by atoms with van der Waals surface area (Å²) in [6.45, 7) is 0. The lowest BCUT2D eigenvalue weighted by Crippen LogP contribution is -1.92. The van der Waals surface area contributed by atoms with Crippen molar-refractivity contribution < 1.29 is 4.42 Å². The minimum Gasteiger partial charge on any atom is -0.408 e. The highest BCUT2D eigenvalue weighted by molar-refractivity contribution is 5.71. The predicted octanol–water partition coefficient (Wildman–Crippen LogP) is 0.921. The smallest absolute Gasteiger partial charge is 0.408 e. The molecule has 1 aromatic carbocycles. The Balaban J connectivity index is 3.01. The van der Waals surface area contributed by atoms with Crippen molar-refractivity contribution in [3.8, 4) is 0 Å². The molecule has 1 N–H and O–H groups in total. The van der Waals surface area contributed by atoms with Gasteiger partial charge in [-0.3, -0.25) is 4.98 Å². The van der Waals surface area contributed by atoms with E-state index < -0.39 is 5.76 Å². The van der Waals surface area contributed by atoms with Crippen LogP contribution in [0.25, 0.3) is 11.1 Å². The van der Waals surface area contributed by atoms with Crippen LogP contribution in [0.15, 0.2) is 27.4 Å². The average Bonchev–Trinajstić information content (AvgIpc) is 2.27. The molecule has 3 heteroatoms. The topological polar surface area (TPSA) is 46.0 Å². The first-order chi connectivity index (χ1) is 4.86. The van der Waals surface area contributed by atoms with Gasteiger partial charge in [-0.15, -0.1) is 0 Å². The van der Waals surface area contributed by atoms with Crippen LogP contribution in [0.4, 0.5) is 0 Å². The zero-order valence-corrected chi connectivity index (χ0v) is 5.05. The summed E-state index contributed by atoms with van der Waals surface area (Å²) in [5.74, 6) is -0.422. The van der Waals surface area contributed by atoms with Gasteiger partial charge in [0.25, 0.3) is 0 Å². The van der Waals surface area contributed by atoms with Gasteiger partial charge in [0.2, 0.25) is 0 Å². The summed E-state index contributed by atoms with van der Waals surface area (Å²) in [5, 5.41) is 0. The molecule has 1 heterocycles. The number of oxazole rings is 1. The second-order valence-electron chi connectivity index (χ2n) is 1.94. The first-order valence-electron chi connectivity index (χ1n) is 2.85. The minimum absolute atomic E-state index is 0.422. The molecule has 2 rings (SSSR count). The van der Waals surface area contributed by atoms with Crippen LogP contribution < -0.4 is 5.76 Å². The van der Waals surface area contributed by atoms with Crippen molar-refractivity contribution in [2.75, 3.05) is 0 Å². The van der Waals surface area contributed by atoms with Crippen molar-refractivity contribution in [1.82, 2.24) is 4.98 Å². The van der Waals surface area contributed by atoms with Gasteiger partial charge in [0.05, 0.1) is 5.52 Å². The van der Waals surface area contributed by atoms with E-state index in [0.29, 0.717) is 11.1 Å². The minimum atomic E-state index is -0.422. The second-order valence-corrected chi connectivity index (χ2v) is 1.94. The summed E-state index contributed by atoms with van der Waals surface area (Å²) in [6, 6.07) is 7.87. The molecule has 3 nitrogen and oxygen atoms in total. The summed E-state index contributed by atoms with van der Waals surface area (Å²) >= 11 is 0. The van der Waals surface area contributed by atoms with Gasteiger partial charge >= 0.3 is 5.76 Å². The van der Waals surface area contributed by atoms with Crippen LogP contribution in [0.1, 0.15) is 0 Å². The van der Waals surface area contributed by atoms with E-state index in [1.54, 1.807) is 18.2 Å². The number of rotatable bonds is 0. The third kappa shape index (κ3) is 0.639. The van der Waals surface area contributed by atoms with E-state index in [0.717, 1.165) is 0 Å². The fourth-order valence-corrected chi connectivity index (χ4v) is 0.838. The molecule has 49 valence electrons. The van der Waals surface area contributed by atoms with Gasteiger partial charge in [-0.05, 0) is 18.2 Å². The number of nitrogens with one attached hydrogen (secondary N) is 1. The van der Waals surface area contributed by atoms with Gasteiger partial charge in [-0.2, -0.15) is 0 Å². The van der Waals surface area contributed by atoms with Crippen molar-refractivity contribution >= 4 is 11.1 Å². The summed E-state index contributed by atoms with van der Waals surface area (Å²) < 4.78 is 4.73. The maximum atomic E-state index is 10.6. The van der Waals surface area contributed by atoms with Gasteiger partial charge in [0.15, 0.2) is 5.58 Å². The third-order valence-corrected chi connectivity index (χ3v) is 1.27. The Morgan fingerprint density at radius 2 is 2.50 bits per heavy atom. The monoisotopic (exact) mass is 134 g/mol. The van der Waals surface area contributed by atoms with Crippen molar-refractivity contribution in [3.63, 3.8) is 0 Å². The molecule has 0 bridgehead atoms. The number of benzene rings is 1. The quantitative estimate of drug-likeness (QED) is 0.582. The Hall–Kier alpha value is -1.51. The van der Waals surface area contributed by atoms with E-state index in [2.05, 4.69) is 11.1 Å².